The Morgan fingerprint density at radius 1 is 0.455 bits per heavy atom. The predicted octanol–water partition coefficient (Wildman–Crippen LogP) is -1.02. The van der Waals surface area contributed by atoms with Gasteiger partial charge in [0.2, 0.25) is 0 Å². The van der Waals surface area contributed by atoms with E-state index in [1.165, 1.54) is 40.0 Å². The van der Waals surface area contributed by atoms with Gasteiger partial charge in [-0.05, 0) is 0 Å². The molecule has 5 heteroatoms. The summed E-state index contributed by atoms with van der Waals surface area (Å²) >= 11 is 0. The summed E-state index contributed by atoms with van der Waals surface area (Å²) in [6, 6.07) is 0. The van der Waals surface area contributed by atoms with Crippen molar-refractivity contribution in [2.45, 2.75) is 0 Å². The summed E-state index contributed by atoms with van der Waals surface area (Å²) in [6.45, 7) is 7.12. The van der Waals surface area contributed by atoms with E-state index in [9.17, 15) is 0 Å². The molecule has 0 spiro atoms. The van der Waals surface area contributed by atoms with Crippen molar-refractivity contribution in [1.29, 1.82) is 0 Å². The Kier molecular flexibility index (Phi) is 1.95. The maximum Gasteiger partial charge on any atom is 0.0555 e. The molecule has 11 heavy (non-hydrogen) atoms. The third-order valence-electron chi connectivity index (χ3n) is 2.40. The normalized spacial score (nSPS) is 52.4. The van der Waals surface area contributed by atoms with E-state index in [0.29, 0.717) is 0 Å². The van der Waals surface area contributed by atoms with Crippen LogP contribution in [0, 0.1) is 0 Å². The van der Waals surface area contributed by atoms with Crippen LogP contribution in [0.5, 0.6) is 0 Å². The molecule has 0 unspecified atom stereocenters. The summed E-state index contributed by atoms with van der Waals surface area (Å²) in [4.78, 5) is 9.88. The molecule has 0 aromatic heterocycles. The van der Waals surface area contributed by atoms with E-state index in [2.05, 4.69) is 19.6 Å². The largest absolute Gasteiger partial charge is 0.264 e. The topological polar surface area (TPSA) is 13.0 Å². The first-order valence-electron chi connectivity index (χ1n) is 3.79. The number of nitrogens with zero attached hydrogens (tertiary/aromatic N) is 4. The van der Waals surface area contributed by atoms with Gasteiger partial charge < -0.3 is 0 Å². The average Bonchev–Trinajstić information content (AvgIpc) is 1.82. The number of hydrogen-bond donors (Lipinski definition) is 0. The molecule has 0 atom stereocenters. The van der Waals surface area contributed by atoms with Crippen molar-refractivity contribution in [2.75, 3.05) is 40.0 Å². The van der Waals surface area contributed by atoms with Crippen LogP contribution in [0.1, 0.15) is 0 Å². The monoisotopic (exact) mass is 203 g/mol. The molecule has 4 nitrogen and oxygen atoms in total. The van der Waals surface area contributed by atoms with Gasteiger partial charge in [0.25, 0.3) is 0 Å². The molecular weight excluding hydrogens is 192 g/mol. The molecule has 1 radical (unpaired) electrons. The Balaban J connectivity index is 0.000000480. The second-order valence-corrected chi connectivity index (χ2v) is 3.53. The van der Waals surface area contributed by atoms with Crippen LogP contribution in [0.2, 0.25) is 0 Å². The van der Waals surface area contributed by atoms with Crippen LogP contribution in [0.15, 0.2) is 0 Å². The van der Waals surface area contributed by atoms with Gasteiger partial charge >= 0.3 is 0 Å². The Morgan fingerprint density at radius 2 is 0.636 bits per heavy atom. The Morgan fingerprint density at radius 3 is 0.818 bits per heavy atom. The van der Waals surface area contributed by atoms with Gasteiger partial charge in [0.1, 0.15) is 0 Å². The van der Waals surface area contributed by atoms with Crippen LogP contribution in [0.4, 0.5) is 0 Å². The Bertz CT molecular complexity index is 106. The molecule has 0 amide bonds. The molecule has 67 valence electrons. The quantitative estimate of drug-likeness (QED) is 0.468. The van der Waals surface area contributed by atoms with E-state index in [4.69, 9.17) is 0 Å². The first-order valence-corrected chi connectivity index (χ1v) is 3.79. The van der Waals surface area contributed by atoms with E-state index < -0.39 is 0 Å². The van der Waals surface area contributed by atoms with Gasteiger partial charge in [-0.3, -0.25) is 19.6 Å². The van der Waals surface area contributed by atoms with Crippen molar-refractivity contribution in [2.24, 2.45) is 0 Å². The molecule has 0 aromatic rings. The number of hydrogen-bond acceptors (Lipinski definition) is 4. The van der Waals surface area contributed by atoms with Crippen LogP contribution in [0.25, 0.3) is 0 Å². The molecular formula is C6H12CuN4. The van der Waals surface area contributed by atoms with E-state index in [1.807, 2.05) is 0 Å². The van der Waals surface area contributed by atoms with Gasteiger partial charge in [0.05, 0.1) is 40.0 Å². The van der Waals surface area contributed by atoms with Crippen molar-refractivity contribution in [3.05, 3.63) is 0 Å². The minimum Gasteiger partial charge on any atom is -0.264 e. The SMILES string of the molecule is C1N2CN3CN1CN(C2)C3.[Cu]. The average molecular weight is 204 g/mol. The zero-order chi connectivity index (χ0) is 6.55. The fraction of sp³-hybridized carbons (Fsp3) is 1.00. The standard InChI is InChI=1S/C6H12N4.Cu/c1-7-2-9-4-8(1)5-10(3-7)6-9;/h1-6H2;. The van der Waals surface area contributed by atoms with Crippen LogP contribution >= 0.6 is 0 Å². The Labute approximate surface area is 77.2 Å². The van der Waals surface area contributed by atoms with E-state index >= 15 is 0 Å². The fourth-order valence-corrected chi connectivity index (χ4v) is 2.23. The fourth-order valence-electron chi connectivity index (χ4n) is 2.23. The number of rotatable bonds is 0. The van der Waals surface area contributed by atoms with Gasteiger partial charge in [0.15, 0.2) is 0 Å². The second kappa shape index (κ2) is 2.69. The van der Waals surface area contributed by atoms with Crippen molar-refractivity contribution < 1.29 is 17.1 Å². The first-order chi connectivity index (χ1) is 4.90. The van der Waals surface area contributed by atoms with Gasteiger partial charge in [-0.15, -0.1) is 0 Å². The van der Waals surface area contributed by atoms with Crippen molar-refractivity contribution in [3.63, 3.8) is 0 Å². The smallest absolute Gasteiger partial charge is 0.0555 e. The molecule has 0 N–H and O–H groups in total. The van der Waals surface area contributed by atoms with Crippen LogP contribution in [-0.4, -0.2) is 59.6 Å². The summed E-state index contributed by atoms with van der Waals surface area (Å²) in [5, 5.41) is 0. The van der Waals surface area contributed by atoms with Gasteiger partial charge in [-0.25, -0.2) is 0 Å². The molecule has 0 aliphatic carbocycles. The summed E-state index contributed by atoms with van der Waals surface area (Å²) in [7, 11) is 0. The molecule has 0 aromatic carbocycles. The maximum absolute atomic E-state index is 2.47. The second-order valence-electron chi connectivity index (χ2n) is 3.53. The molecule has 4 rings (SSSR count). The predicted molar refractivity (Wildman–Crippen MR) is 36.6 cm³/mol. The summed E-state index contributed by atoms with van der Waals surface area (Å²) in [5.41, 5.74) is 0. The van der Waals surface area contributed by atoms with E-state index in [1.54, 1.807) is 0 Å². The van der Waals surface area contributed by atoms with Gasteiger partial charge in [0, 0.05) is 17.1 Å². The zero-order valence-electron chi connectivity index (χ0n) is 6.33. The third kappa shape index (κ3) is 1.22. The molecule has 4 bridgehead atoms. The summed E-state index contributed by atoms with van der Waals surface area (Å²) in [6.07, 6.45) is 0. The van der Waals surface area contributed by atoms with Crippen LogP contribution in [-0.2, 0) is 17.1 Å². The molecule has 4 fully saturated rings. The van der Waals surface area contributed by atoms with Crippen molar-refractivity contribution in [3.8, 4) is 0 Å². The third-order valence-corrected chi connectivity index (χ3v) is 2.40. The molecule has 0 saturated carbocycles. The maximum atomic E-state index is 2.47. The summed E-state index contributed by atoms with van der Waals surface area (Å²) in [5.74, 6) is 0. The van der Waals surface area contributed by atoms with Crippen molar-refractivity contribution in [1.82, 2.24) is 19.6 Å². The van der Waals surface area contributed by atoms with Gasteiger partial charge in [-0.2, -0.15) is 0 Å². The van der Waals surface area contributed by atoms with Crippen LogP contribution in [0.3, 0.4) is 0 Å². The molecule has 4 saturated heterocycles. The molecule has 4 heterocycles. The van der Waals surface area contributed by atoms with E-state index in [0.717, 1.165) is 0 Å². The van der Waals surface area contributed by atoms with E-state index in [-0.39, 0.29) is 17.1 Å². The van der Waals surface area contributed by atoms with Gasteiger partial charge in [-0.1, -0.05) is 0 Å². The first kappa shape index (κ1) is 7.98. The van der Waals surface area contributed by atoms with Crippen LogP contribution < -0.4 is 0 Å². The Hall–Kier alpha value is 0.359. The zero-order valence-corrected chi connectivity index (χ0v) is 7.27. The summed E-state index contributed by atoms with van der Waals surface area (Å²) < 4.78 is 0. The molecule has 4 aliphatic heterocycles. The molecule has 4 aliphatic rings. The minimum atomic E-state index is 0. The van der Waals surface area contributed by atoms with Crippen molar-refractivity contribution >= 4 is 0 Å². The minimum absolute atomic E-state index is 0.